The number of hydrogen-bond donors (Lipinski definition) is 2. The highest BCUT2D eigenvalue weighted by atomic mass is 35.5. The normalized spacial score (nSPS) is 14.7. The molecule has 2 heterocycles. The predicted octanol–water partition coefficient (Wildman–Crippen LogP) is 3.82. The van der Waals surface area contributed by atoms with E-state index in [1.54, 1.807) is 0 Å². The summed E-state index contributed by atoms with van der Waals surface area (Å²) in [6.07, 6.45) is 0.983. The van der Waals surface area contributed by atoms with Crippen LogP contribution in [0.5, 0.6) is 0 Å². The molecule has 0 atom stereocenters. The third-order valence-corrected chi connectivity index (χ3v) is 5.89. The number of piperazine rings is 1. The molecule has 0 unspecified atom stereocenters. The van der Waals surface area contributed by atoms with Crippen molar-refractivity contribution in [1.29, 1.82) is 0 Å². The minimum Gasteiger partial charge on any atom is -0.351 e. The monoisotopic (exact) mass is 413 g/mol. The molecule has 1 aliphatic heterocycles. The first-order chi connectivity index (χ1) is 12.1. The second-order valence-electron chi connectivity index (χ2n) is 6.33. The lowest BCUT2D eigenvalue weighted by atomic mass is 10.1. The molecule has 26 heavy (non-hydrogen) atoms. The topological polar surface area (TPSA) is 44.4 Å². The van der Waals surface area contributed by atoms with Crippen molar-refractivity contribution in [2.75, 3.05) is 39.3 Å². The van der Waals surface area contributed by atoms with Crippen LogP contribution in [0.3, 0.4) is 0 Å². The lowest BCUT2D eigenvalue weighted by molar-refractivity contribution is 0.0955. The van der Waals surface area contributed by atoms with Gasteiger partial charge < -0.3 is 15.5 Å². The average molecular weight is 414 g/mol. The van der Waals surface area contributed by atoms with E-state index < -0.39 is 0 Å². The van der Waals surface area contributed by atoms with Gasteiger partial charge in [-0.15, -0.1) is 23.7 Å². The summed E-state index contributed by atoms with van der Waals surface area (Å²) < 4.78 is 0. The Kier molecular flexibility index (Phi) is 8.38. The number of thiophene rings is 1. The summed E-state index contributed by atoms with van der Waals surface area (Å²) in [4.78, 5) is 16.7. The van der Waals surface area contributed by atoms with Crippen LogP contribution in [0.25, 0.3) is 10.4 Å². The van der Waals surface area contributed by atoms with Gasteiger partial charge in [-0.1, -0.05) is 23.7 Å². The van der Waals surface area contributed by atoms with E-state index in [9.17, 15) is 4.79 Å². The van der Waals surface area contributed by atoms with Gasteiger partial charge in [-0.05, 0) is 49.2 Å². The number of aryl methyl sites for hydroxylation is 1. The Morgan fingerprint density at radius 3 is 2.81 bits per heavy atom. The van der Waals surface area contributed by atoms with Gasteiger partial charge in [0.2, 0.25) is 0 Å². The van der Waals surface area contributed by atoms with E-state index in [4.69, 9.17) is 11.6 Å². The molecule has 1 aliphatic rings. The number of rotatable bonds is 6. The Balaban J connectivity index is 0.00000243. The third kappa shape index (κ3) is 5.69. The molecule has 0 spiro atoms. The standard InChI is InChI=1S/C19H24ClN3OS.ClH/c1-14-12-17(25-18(14)15-4-2-5-16(20)13-15)19(24)22-6-3-9-23-10-7-21-8-11-23;/h2,4-5,12-13,21H,3,6-11H2,1H3,(H,22,24);1H. The minimum absolute atomic E-state index is 0. The molecule has 0 bridgehead atoms. The van der Waals surface area contributed by atoms with Crippen LogP contribution in [0.2, 0.25) is 5.02 Å². The number of halogens is 2. The predicted molar refractivity (Wildman–Crippen MR) is 113 cm³/mol. The molecule has 1 fully saturated rings. The molecule has 2 N–H and O–H groups in total. The van der Waals surface area contributed by atoms with Crippen LogP contribution in [0.4, 0.5) is 0 Å². The van der Waals surface area contributed by atoms with Crippen LogP contribution in [0.15, 0.2) is 30.3 Å². The summed E-state index contributed by atoms with van der Waals surface area (Å²) in [5.41, 5.74) is 2.17. The van der Waals surface area contributed by atoms with Gasteiger partial charge >= 0.3 is 0 Å². The van der Waals surface area contributed by atoms with Gasteiger partial charge in [-0.3, -0.25) is 4.79 Å². The molecule has 4 nitrogen and oxygen atoms in total. The van der Waals surface area contributed by atoms with Crippen LogP contribution < -0.4 is 10.6 Å². The first kappa shape index (κ1) is 21.2. The Hall–Kier alpha value is -1.11. The van der Waals surface area contributed by atoms with E-state index in [0.717, 1.165) is 60.0 Å². The molecule has 1 aromatic heterocycles. The Morgan fingerprint density at radius 2 is 2.08 bits per heavy atom. The fourth-order valence-corrected chi connectivity index (χ4v) is 4.31. The van der Waals surface area contributed by atoms with Crippen molar-refractivity contribution in [2.45, 2.75) is 13.3 Å². The zero-order valence-corrected chi connectivity index (χ0v) is 17.3. The lowest BCUT2D eigenvalue weighted by Crippen LogP contribution is -2.44. The van der Waals surface area contributed by atoms with Crippen LogP contribution in [-0.2, 0) is 0 Å². The molecule has 1 amide bonds. The first-order valence-corrected chi connectivity index (χ1v) is 9.90. The molecule has 0 aliphatic carbocycles. The third-order valence-electron chi connectivity index (χ3n) is 4.37. The molecule has 1 aromatic carbocycles. The number of nitrogens with zero attached hydrogens (tertiary/aromatic N) is 1. The number of hydrogen-bond acceptors (Lipinski definition) is 4. The van der Waals surface area contributed by atoms with Gasteiger partial charge in [0.25, 0.3) is 5.91 Å². The lowest BCUT2D eigenvalue weighted by Gasteiger charge is -2.27. The molecular formula is C19H25Cl2N3OS. The summed E-state index contributed by atoms with van der Waals surface area (Å²) in [5.74, 6) is 0.0155. The number of carbonyl (C=O) groups excluding carboxylic acids is 1. The maximum atomic E-state index is 12.4. The average Bonchev–Trinajstić information content (AvgIpc) is 3.01. The van der Waals surface area contributed by atoms with Gasteiger partial charge in [0.1, 0.15) is 0 Å². The first-order valence-electron chi connectivity index (χ1n) is 8.71. The second-order valence-corrected chi connectivity index (χ2v) is 7.82. The van der Waals surface area contributed by atoms with Crippen molar-refractivity contribution >= 4 is 41.3 Å². The van der Waals surface area contributed by atoms with Gasteiger partial charge in [-0.25, -0.2) is 0 Å². The highest BCUT2D eigenvalue weighted by Gasteiger charge is 2.14. The summed E-state index contributed by atoms with van der Waals surface area (Å²) in [5, 5.41) is 7.11. The van der Waals surface area contributed by atoms with E-state index in [1.165, 1.54) is 11.3 Å². The summed E-state index contributed by atoms with van der Waals surface area (Å²) >= 11 is 7.61. The van der Waals surface area contributed by atoms with Crippen molar-refractivity contribution in [3.05, 3.63) is 45.8 Å². The van der Waals surface area contributed by atoms with Crippen molar-refractivity contribution in [3.8, 4) is 10.4 Å². The summed E-state index contributed by atoms with van der Waals surface area (Å²) in [7, 11) is 0. The zero-order chi connectivity index (χ0) is 17.6. The van der Waals surface area contributed by atoms with Crippen LogP contribution in [0.1, 0.15) is 21.7 Å². The van der Waals surface area contributed by atoms with Crippen molar-refractivity contribution < 1.29 is 4.79 Å². The van der Waals surface area contributed by atoms with Crippen molar-refractivity contribution in [1.82, 2.24) is 15.5 Å². The molecular weight excluding hydrogens is 389 g/mol. The van der Waals surface area contributed by atoms with Gasteiger partial charge in [-0.2, -0.15) is 0 Å². The smallest absolute Gasteiger partial charge is 0.261 e. The van der Waals surface area contributed by atoms with E-state index in [2.05, 4.69) is 15.5 Å². The molecule has 142 valence electrons. The number of carbonyl (C=O) groups is 1. The Morgan fingerprint density at radius 1 is 1.31 bits per heavy atom. The largest absolute Gasteiger partial charge is 0.351 e. The van der Waals surface area contributed by atoms with Crippen LogP contribution >= 0.6 is 35.3 Å². The van der Waals surface area contributed by atoms with Gasteiger partial charge in [0.15, 0.2) is 0 Å². The number of amides is 1. The van der Waals surface area contributed by atoms with Crippen molar-refractivity contribution in [3.63, 3.8) is 0 Å². The highest BCUT2D eigenvalue weighted by Crippen LogP contribution is 2.33. The van der Waals surface area contributed by atoms with Gasteiger partial charge in [0, 0.05) is 42.6 Å². The molecule has 0 radical (unpaired) electrons. The number of benzene rings is 1. The van der Waals surface area contributed by atoms with E-state index in [-0.39, 0.29) is 18.3 Å². The maximum absolute atomic E-state index is 12.4. The Labute approximate surface area is 170 Å². The zero-order valence-electron chi connectivity index (χ0n) is 14.9. The molecule has 1 saturated heterocycles. The summed E-state index contributed by atoms with van der Waals surface area (Å²) in [6, 6.07) is 9.73. The molecule has 3 rings (SSSR count). The SMILES string of the molecule is Cc1cc(C(=O)NCCCN2CCNCC2)sc1-c1cccc(Cl)c1.Cl. The highest BCUT2D eigenvalue weighted by molar-refractivity contribution is 7.17. The number of nitrogens with one attached hydrogen (secondary N) is 2. The van der Waals surface area contributed by atoms with E-state index in [0.29, 0.717) is 11.6 Å². The summed E-state index contributed by atoms with van der Waals surface area (Å²) in [6.45, 7) is 8.11. The molecule has 7 heteroatoms. The Bertz CT molecular complexity index is 729. The van der Waals surface area contributed by atoms with Crippen LogP contribution in [0, 0.1) is 6.92 Å². The van der Waals surface area contributed by atoms with Crippen molar-refractivity contribution in [2.24, 2.45) is 0 Å². The van der Waals surface area contributed by atoms with Crippen LogP contribution in [-0.4, -0.2) is 50.1 Å². The van der Waals surface area contributed by atoms with Gasteiger partial charge in [0.05, 0.1) is 4.88 Å². The fourth-order valence-electron chi connectivity index (χ4n) is 3.04. The van der Waals surface area contributed by atoms with E-state index >= 15 is 0 Å². The molecule has 0 saturated carbocycles. The minimum atomic E-state index is 0. The maximum Gasteiger partial charge on any atom is 0.261 e. The molecule has 2 aromatic rings. The quantitative estimate of drug-likeness (QED) is 0.707. The second kappa shape index (κ2) is 10.3. The van der Waals surface area contributed by atoms with E-state index in [1.807, 2.05) is 37.3 Å². The fraction of sp³-hybridized carbons (Fsp3) is 0.421.